The Kier molecular flexibility index (Phi) is 5.12. The molecule has 0 atom stereocenters. The number of nitrogens with zero attached hydrogens (tertiary/aromatic N) is 4. The molecule has 28 heavy (non-hydrogen) atoms. The van der Waals surface area contributed by atoms with Crippen LogP contribution >= 0.6 is 11.6 Å². The Labute approximate surface area is 169 Å². The van der Waals surface area contributed by atoms with Crippen molar-refractivity contribution in [2.75, 3.05) is 38.1 Å². The maximum absolute atomic E-state index is 12.0. The molecule has 0 bridgehead atoms. The molecular weight excluding hydrogens is 378 g/mol. The summed E-state index contributed by atoms with van der Waals surface area (Å²) in [4.78, 5) is 29.4. The number of rotatable bonds is 3. The van der Waals surface area contributed by atoms with Gasteiger partial charge in [0.2, 0.25) is 11.8 Å². The van der Waals surface area contributed by atoms with Crippen molar-refractivity contribution >= 4 is 29.1 Å². The van der Waals surface area contributed by atoms with E-state index in [0.29, 0.717) is 17.9 Å². The number of amides is 2. The van der Waals surface area contributed by atoms with Gasteiger partial charge in [-0.3, -0.25) is 19.6 Å². The smallest absolute Gasteiger partial charge is 0.227 e. The van der Waals surface area contributed by atoms with Crippen LogP contribution in [0.25, 0.3) is 11.3 Å². The molecular formula is C20H24ClN5O2. The molecule has 0 unspecified atom stereocenters. The van der Waals surface area contributed by atoms with Crippen molar-refractivity contribution < 1.29 is 9.59 Å². The molecule has 1 N–H and O–H groups in total. The Morgan fingerprint density at radius 2 is 1.96 bits per heavy atom. The molecule has 0 spiro atoms. The Balaban J connectivity index is 1.57. The Morgan fingerprint density at radius 3 is 2.68 bits per heavy atom. The zero-order valence-electron chi connectivity index (χ0n) is 16.2. The lowest BCUT2D eigenvalue weighted by Gasteiger charge is -2.34. The second-order valence-corrected chi connectivity index (χ2v) is 7.81. The van der Waals surface area contributed by atoms with Gasteiger partial charge in [-0.25, -0.2) is 0 Å². The lowest BCUT2D eigenvalue weighted by molar-refractivity contribution is -0.130. The van der Waals surface area contributed by atoms with E-state index in [1.54, 1.807) is 18.9 Å². The minimum absolute atomic E-state index is 0.114. The fourth-order valence-electron chi connectivity index (χ4n) is 4.02. The molecule has 7 nitrogen and oxygen atoms in total. The number of piperazine rings is 1. The lowest BCUT2D eigenvalue weighted by Crippen LogP contribution is -2.47. The van der Waals surface area contributed by atoms with Crippen LogP contribution in [0.5, 0.6) is 0 Å². The van der Waals surface area contributed by atoms with Crippen molar-refractivity contribution in [2.24, 2.45) is 0 Å². The third-order valence-electron chi connectivity index (χ3n) is 5.74. The average Bonchev–Trinajstić information content (AvgIpc) is 3.13. The first-order valence-corrected chi connectivity index (χ1v) is 9.92. The molecule has 1 fully saturated rings. The summed E-state index contributed by atoms with van der Waals surface area (Å²) >= 11 is 6.76. The topological polar surface area (TPSA) is 72.5 Å². The summed E-state index contributed by atoms with van der Waals surface area (Å²) in [6.45, 7) is 5.56. The number of aromatic amines is 1. The first-order chi connectivity index (χ1) is 13.5. The number of halogens is 1. The Bertz CT molecular complexity index is 917. The first kappa shape index (κ1) is 19.0. The molecule has 1 aromatic carbocycles. The van der Waals surface area contributed by atoms with Gasteiger partial charge in [0.05, 0.1) is 16.9 Å². The van der Waals surface area contributed by atoms with Crippen LogP contribution in [0.2, 0.25) is 5.02 Å². The van der Waals surface area contributed by atoms with E-state index >= 15 is 0 Å². The van der Waals surface area contributed by atoms with Gasteiger partial charge >= 0.3 is 0 Å². The van der Waals surface area contributed by atoms with Crippen molar-refractivity contribution in [2.45, 2.75) is 26.3 Å². The number of H-pyrrole nitrogens is 1. The minimum Gasteiger partial charge on any atom is -0.340 e. The van der Waals surface area contributed by atoms with E-state index in [1.165, 1.54) is 0 Å². The van der Waals surface area contributed by atoms with Crippen LogP contribution in [0.1, 0.15) is 24.5 Å². The highest BCUT2D eigenvalue weighted by Crippen LogP contribution is 2.39. The molecule has 0 aliphatic carbocycles. The summed E-state index contributed by atoms with van der Waals surface area (Å²) in [5.74, 6) is 0.246. The number of anilines is 1. The second kappa shape index (κ2) is 7.56. The Hall–Kier alpha value is -2.38. The fraction of sp³-hybridized carbons (Fsp3) is 0.450. The van der Waals surface area contributed by atoms with Crippen LogP contribution in [0.15, 0.2) is 18.3 Å². The summed E-state index contributed by atoms with van der Waals surface area (Å²) in [5, 5.41) is 8.03. The largest absolute Gasteiger partial charge is 0.340 e. The quantitative estimate of drug-likeness (QED) is 0.856. The summed E-state index contributed by atoms with van der Waals surface area (Å²) in [5.41, 5.74) is 4.81. The highest BCUT2D eigenvalue weighted by Gasteiger charge is 2.26. The van der Waals surface area contributed by atoms with Crippen molar-refractivity contribution in [3.05, 3.63) is 34.5 Å². The Morgan fingerprint density at radius 1 is 1.21 bits per heavy atom. The highest BCUT2D eigenvalue weighted by atomic mass is 35.5. The van der Waals surface area contributed by atoms with E-state index in [9.17, 15) is 9.59 Å². The van der Waals surface area contributed by atoms with Gasteiger partial charge in [0.15, 0.2) is 0 Å². The van der Waals surface area contributed by atoms with E-state index in [0.717, 1.165) is 60.8 Å². The van der Waals surface area contributed by atoms with E-state index in [-0.39, 0.29) is 11.8 Å². The number of benzene rings is 1. The summed E-state index contributed by atoms with van der Waals surface area (Å²) < 4.78 is 0. The number of nitrogens with one attached hydrogen (secondary N) is 1. The van der Waals surface area contributed by atoms with Gasteiger partial charge in [-0.05, 0) is 24.1 Å². The van der Waals surface area contributed by atoms with Crippen LogP contribution in [-0.4, -0.2) is 65.0 Å². The molecule has 8 heteroatoms. The molecule has 3 heterocycles. The monoisotopic (exact) mass is 401 g/mol. The van der Waals surface area contributed by atoms with Gasteiger partial charge < -0.3 is 9.80 Å². The second-order valence-electron chi connectivity index (χ2n) is 7.43. The van der Waals surface area contributed by atoms with Crippen molar-refractivity contribution in [3.8, 4) is 11.3 Å². The van der Waals surface area contributed by atoms with Crippen LogP contribution < -0.4 is 4.90 Å². The molecule has 148 valence electrons. The predicted octanol–water partition coefficient (Wildman–Crippen LogP) is 2.30. The van der Waals surface area contributed by atoms with Gasteiger partial charge in [0, 0.05) is 69.9 Å². The number of hydrogen-bond acceptors (Lipinski definition) is 4. The van der Waals surface area contributed by atoms with Crippen LogP contribution in [0, 0.1) is 0 Å². The standard InChI is InChI=1S/C20H24ClN5O2/c1-13(27)26-9-7-25(8-10-26)12-14-11-22-23-20(14)16-3-5-17-15(19(16)21)4-6-18(28)24(17)2/h3,5,11H,4,6-10,12H2,1-2H3,(H,22,23). The van der Waals surface area contributed by atoms with E-state index in [2.05, 4.69) is 15.1 Å². The summed E-state index contributed by atoms with van der Waals surface area (Å²) in [6.07, 6.45) is 2.97. The molecule has 2 aliphatic rings. The van der Waals surface area contributed by atoms with Crippen LogP contribution in [0.3, 0.4) is 0 Å². The molecule has 0 saturated carbocycles. The zero-order valence-corrected chi connectivity index (χ0v) is 16.9. The maximum Gasteiger partial charge on any atom is 0.227 e. The summed E-state index contributed by atoms with van der Waals surface area (Å²) in [7, 11) is 1.79. The van der Waals surface area contributed by atoms with Gasteiger partial charge in [0.25, 0.3) is 0 Å². The average molecular weight is 402 g/mol. The number of aromatic nitrogens is 2. The molecule has 4 rings (SSSR count). The number of fused-ring (bicyclic) bond motifs is 1. The number of carbonyl (C=O) groups is 2. The van der Waals surface area contributed by atoms with Crippen molar-refractivity contribution in [1.82, 2.24) is 20.0 Å². The molecule has 2 aliphatic heterocycles. The normalized spacial score (nSPS) is 17.8. The number of carbonyl (C=O) groups excluding carboxylic acids is 2. The number of hydrogen-bond donors (Lipinski definition) is 1. The molecule has 1 aromatic heterocycles. The van der Waals surface area contributed by atoms with Gasteiger partial charge in [-0.1, -0.05) is 11.6 Å². The highest BCUT2D eigenvalue weighted by molar-refractivity contribution is 6.34. The molecule has 2 amide bonds. The SMILES string of the molecule is CC(=O)N1CCN(Cc2cn[nH]c2-c2ccc3c(c2Cl)CCC(=O)N3C)CC1. The molecule has 2 aromatic rings. The van der Waals surface area contributed by atoms with Crippen molar-refractivity contribution in [3.63, 3.8) is 0 Å². The van der Waals surface area contributed by atoms with E-state index < -0.39 is 0 Å². The summed E-state index contributed by atoms with van der Waals surface area (Å²) in [6, 6.07) is 3.92. The van der Waals surface area contributed by atoms with Crippen molar-refractivity contribution in [1.29, 1.82) is 0 Å². The minimum atomic E-state index is 0.114. The van der Waals surface area contributed by atoms with Gasteiger partial charge in [-0.2, -0.15) is 5.10 Å². The third kappa shape index (κ3) is 3.40. The van der Waals surface area contributed by atoms with E-state index in [1.807, 2.05) is 23.2 Å². The van der Waals surface area contributed by atoms with E-state index in [4.69, 9.17) is 11.6 Å². The molecule has 1 saturated heterocycles. The predicted molar refractivity (Wildman–Crippen MR) is 108 cm³/mol. The fourth-order valence-corrected chi connectivity index (χ4v) is 4.36. The molecule has 0 radical (unpaired) electrons. The maximum atomic E-state index is 12.0. The zero-order chi connectivity index (χ0) is 19.8. The van der Waals surface area contributed by atoms with Gasteiger partial charge in [0.1, 0.15) is 0 Å². The lowest BCUT2D eigenvalue weighted by atomic mass is 9.96. The van der Waals surface area contributed by atoms with Crippen LogP contribution in [0.4, 0.5) is 5.69 Å². The van der Waals surface area contributed by atoms with Gasteiger partial charge in [-0.15, -0.1) is 0 Å². The van der Waals surface area contributed by atoms with Crippen LogP contribution in [-0.2, 0) is 22.6 Å². The first-order valence-electron chi connectivity index (χ1n) is 9.54. The third-order valence-corrected chi connectivity index (χ3v) is 6.17.